The van der Waals surface area contributed by atoms with Crippen molar-refractivity contribution >= 4 is 43.2 Å². The number of pyridine rings is 1. The van der Waals surface area contributed by atoms with Crippen molar-refractivity contribution in [1.82, 2.24) is 15.0 Å². The summed E-state index contributed by atoms with van der Waals surface area (Å²) in [6, 6.07) is 75.1. The Hall–Kier alpha value is -7.75. The average molecular weight is 738 g/mol. The summed E-state index contributed by atoms with van der Waals surface area (Å²) in [5.41, 5.74) is 12.5. The van der Waals surface area contributed by atoms with Crippen LogP contribution in [0.2, 0.25) is 0 Å². The van der Waals surface area contributed by atoms with Gasteiger partial charge >= 0.3 is 0 Å². The van der Waals surface area contributed by atoms with E-state index in [2.05, 4.69) is 200 Å². The number of nitrogens with zero attached hydrogens (tertiary/aromatic N) is 3. The summed E-state index contributed by atoms with van der Waals surface area (Å²) in [7, 11) is 0. The summed E-state index contributed by atoms with van der Waals surface area (Å²) in [6.07, 6.45) is 0. The predicted octanol–water partition coefficient (Wildman–Crippen LogP) is 14.5. The molecule has 0 radical (unpaired) electrons. The first kappa shape index (κ1) is 33.6. The number of hydrogen-bond donors (Lipinski definition) is 0. The van der Waals surface area contributed by atoms with E-state index in [0.717, 1.165) is 72.3 Å². The monoisotopic (exact) mass is 737 g/mol. The quantitative estimate of drug-likeness (QED) is 0.160. The van der Waals surface area contributed by atoms with Crippen LogP contribution in [0.4, 0.5) is 0 Å². The number of rotatable bonds is 6. The molecule has 0 fully saturated rings. The van der Waals surface area contributed by atoms with Gasteiger partial charge in [-0.05, 0) is 74.1 Å². The van der Waals surface area contributed by atoms with E-state index in [1.54, 1.807) is 0 Å². The third-order valence-corrected chi connectivity index (χ3v) is 11.2. The molecule has 0 bridgehead atoms. The summed E-state index contributed by atoms with van der Waals surface area (Å²) in [5, 5.41) is 8.33. The van der Waals surface area contributed by atoms with Crippen LogP contribution in [-0.2, 0) is 0 Å². The molecule has 2 heterocycles. The van der Waals surface area contributed by atoms with Crippen molar-refractivity contribution in [3.8, 4) is 67.4 Å². The maximum Gasteiger partial charge on any atom is 0.160 e. The lowest BCUT2D eigenvalue weighted by molar-refractivity contribution is 1.18. The van der Waals surface area contributed by atoms with Gasteiger partial charge in [-0.2, -0.15) is 0 Å². The molecule has 3 heteroatoms. The van der Waals surface area contributed by atoms with Crippen molar-refractivity contribution in [1.29, 1.82) is 0 Å². The minimum Gasteiger partial charge on any atom is -0.247 e. The fraction of sp³-hybridized carbons (Fsp3) is 0. The van der Waals surface area contributed by atoms with Crippen LogP contribution < -0.4 is 0 Å². The summed E-state index contributed by atoms with van der Waals surface area (Å²) in [6.45, 7) is 0. The highest BCUT2D eigenvalue weighted by atomic mass is 14.9. The molecule has 0 unspecified atom stereocenters. The lowest BCUT2D eigenvalue weighted by Gasteiger charge is -2.16. The molecule has 2 aromatic heterocycles. The average Bonchev–Trinajstić information content (AvgIpc) is 3.31. The van der Waals surface area contributed by atoms with Gasteiger partial charge in [-0.3, -0.25) is 0 Å². The van der Waals surface area contributed by atoms with Gasteiger partial charge in [0.1, 0.15) is 0 Å². The number of aromatic nitrogens is 3. The topological polar surface area (TPSA) is 38.7 Å². The largest absolute Gasteiger partial charge is 0.247 e. The van der Waals surface area contributed by atoms with Crippen LogP contribution in [0.15, 0.2) is 212 Å². The molecular weight excluding hydrogens is 703 g/mol. The lowest BCUT2D eigenvalue weighted by atomic mass is 9.89. The van der Waals surface area contributed by atoms with Gasteiger partial charge in [-0.25, -0.2) is 15.0 Å². The van der Waals surface area contributed by atoms with Crippen LogP contribution in [0, 0.1) is 0 Å². The first-order valence-electron chi connectivity index (χ1n) is 19.7. The van der Waals surface area contributed by atoms with Crippen LogP contribution >= 0.6 is 0 Å². The van der Waals surface area contributed by atoms with E-state index in [9.17, 15) is 0 Å². The zero-order valence-electron chi connectivity index (χ0n) is 31.5. The molecule has 0 saturated heterocycles. The Morgan fingerprint density at radius 2 is 0.862 bits per heavy atom. The predicted molar refractivity (Wildman–Crippen MR) is 242 cm³/mol. The van der Waals surface area contributed by atoms with Crippen molar-refractivity contribution in [3.63, 3.8) is 0 Å². The maximum atomic E-state index is 5.35. The second-order valence-electron chi connectivity index (χ2n) is 14.8. The smallest absolute Gasteiger partial charge is 0.160 e. The van der Waals surface area contributed by atoms with Gasteiger partial charge in [0.25, 0.3) is 0 Å². The highest BCUT2D eigenvalue weighted by Gasteiger charge is 2.18. The molecule has 0 aliphatic heterocycles. The van der Waals surface area contributed by atoms with Crippen LogP contribution in [0.25, 0.3) is 111 Å². The first-order valence-corrected chi connectivity index (χ1v) is 19.7. The first-order chi connectivity index (χ1) is 28.7. The Morgan fingerprint density at radius 3 is 1.66 bits per heavy atom. The molecule has 0 aliphatic rings. The van der Waals surface area contributed by atoms with Gasteiger partial charge in [0.2, 0.25) is 0 Å². The zero-order chi connectivity index (χ0) is 38.4. The molecule has 0 N–H and O–H groups in total. The van der Waals surface area contributed by atoms with Crippen molar-refractivity contribution in [2.24, 2.45) is 0 Å². The van der Waals surface area contributed by atoms with E-state index >= 15 is 0 Å². The molecule has 11 aromatic rings. The number of fused-ring (bicyclic) bond motifs is 6. The van der Waals surface area contributed by atoms with Gasteiger partial charge in [0, 0.05) is 38.4 Å². The summed E-state index contributed by atoms with van der Waals surface area (Å²) < 4.78 is 0. The molecule has 3 nitrogen and oxygen atoms in total. The third kappa shape index (κ3) is 5.98. The molecule has 58 heavy (non-hydrogen) atoms. The normalized spacial score (nSPS) is 11.4. The number of para-hydroxylation sites is 1. The fourth-order valence-corrected chi connectivity index (χ4v) is 8.38. The molecule has 0 spiro atoms. The molecule has 0 amide bonds. The minimum absolute atomic E-state index is 0.686. The Balaban J connectivity index is 1.07. The second-order valence-corrected chi connectivity index (χ2v) is 14.8. The van der Waals surface area contributed by atoms with Crippen LogP contribution in [0.1, 0.15) is 0 Å². The Kier molecular flexibility index (Phi) is 8.15. The van der Waals surface area contributed by atoms with E-state index in [-0.39, 0.29) is 0 Å². The highest BCUT2D eigenvalue weighted by Crippen LogP contribution is 2.42. The van der Waals surface area contributed by atoms with Gasteiger partial charge < -0.3 is 0 Å². The van der Waals surface area contributed by atoms with E-state index in [1.165, 1.54) is 32.5 Å². The van der Waals surface area contributed by atoms with E-state index < -0.39 is 0 Å². The Bertz CT molecular complexity index is 3320. The van der Waals surface area contributed by atoms with Gasteiger partial charge in [-0.1, -0.05) is 182 Å². The SMILES string of the molecule is c1ccc(-c2cccc(-c3cc(-c4ccccc4)nc(-c4ccc(-c5cc6c(-c7ccc8ccccc8c7)nc7ccccc7c6c6ccccc56)cc4)n3)c2)cc1. The number of benzene rings is 9. The lowest BCUT2D eigenvalue weighted by Crippen LogP contribution is -1.96. The highest BCUT2D eigenvalue weighted by molar-refractivity contribution is 6.25. The minimum atomic E-state index is 0.686. The van der Waals surface area contributed by atoms with Crippen LogP contribution in [0.5, 0.6) is 0 Å². The molecule has 0 atom stereocenters. The van der Waals surface area contributed by atoms with Crippen molar-refractivity contribution in [2.45, 2.75) is 0 Å². The third-order valence-electron chi connectivity index (χ3n) is 11.2. The van der Waals surface area contributed by atoms with Gasteiger partial charge in [0.05, 0.1) is 22.6 Å². The van der Waals surface area contributed by atoms with Crippen molar-refractivity contribution < 1.29 is 0 Å². The summed E-state index contributed by atoms with van der Waals surface area (Å²) >= 11 is 0. The van der Waals surface area contributed by atoms with Crippen LogP contribution in [0.3, 0.4) is 0 Å². The molecule has 11 rings (SSSR count). The molecular formula is C55H35N3. The second kappa shape index (κ2) is 14.1. The molecule has 9 aromatic carbocycles. The Labute approximate surface area is 336 Å². The van der Waals surface area contributed by atoms with Crippen LogP contribution in [-0.4, -0.2) is 15.0 Å². The summed E-state index contributed by atoms with van der Waals surface area (Å²) in [4.78, 5) is 15.7. The van der Waals surface area contributed by atoms with E-state index in [1.807, 2.05) is 12.1 Å². The standard InChI is InChI=1S/C55H35N3/c1-3-14-36(15-4-1)42-20-13-21-43(32-42)52-35-51(39-17-5-2-6-18-39)57-55(58-52)40-29-27-38(28-30-40)48-34-49-53(46-23-10-9-22-45(46)48)47-24-11-12-25-50(47)56-54(49)44-31-26-37-16-7-8-19-41(37)33-44/h1-35H. The van der Waals surface area contributed by atoms with Crippen molar-refractivity contribution in [3.05, 3.63) is 212 Å². The fourth-order valence-electron chi connectivity index (χ4n) is 8.38. The van der Waals surface area contributed by atoms with Gasteiger partial charge in [-0.15, -0.1) is 0 Å². The molecule has 0 aliphatic carbocycles. The van der Waals surface area contributed by atoms with E-state index in [4.69, 9.17) is 15.0 Å². The zero-order valence-corrected chi connectivity index (χ0v) is 31.5. The van der Waals surface area contributed by atoms with Crippen molar-refractivity contribution in [2.75, 3.05) is 0 Å². The molecule has 270 valence electrons. The van der Waals surface area contributed by atoms with E-state index in [0.29, 0.717) is 5.82 Å². The van der Waals surface area contributed by atoms with Gasteiger partial charge in [0.15, 0.2) is 5.82 Å². The molecule has 0 saturated carbocycles. The Morgan fingerprint density at radius 1 is 0.276 bits per heavy atom. The number of hydrogen-bond acceptors (Lipinski definition) is 3. The summed E-state index contributed by atoms with van der Waals surface area (Å²) in [5.74, 6) is 0.686. The maximum absolute atomic E-state index is 5.35.